The van der Waals surface area contributed by atoms with E-state index in [9.17, 15) is 18.4 Å². The summed E-state index contributed by atoms with van der Waals surface area (Å²) in [6.07, 6.45) is 7.53. The number of amides is 1. The molecule has 1 aliphatic carbocycles. The van der Waals surface area contributed by atoms with Crippen molar-refractivity contribution in [1.29, 1.82) is 0 Å². The van der Waals surface area contributed by atoms with Crippen molar-refractivity contribution >= 4 is 22.8 Å². The number of anilines is 1. The van der Waals surface area contributed by atoms with Crippen LogP contribution in [0.1, 0.15) is 47.2 Å². The van der Waals surface area contributed by atoms with Crippen molar-refractivity contribution < 1.29 is 18.3 Å². The Morgan fingerprint density at radius 2 is 1.74 bits per heavy atom. The van der Waals surface area contributed by atoms with Crippen LogP contribution in [-0.4, -0.2) is 68.9 Å². The van der Waals surface area contributed by atoms with E-state index in [1.807, 2.05) is 18.2 Å². The van der Waals surface area contributed by atoms with E-state index >= 15 is 0 Å². The number of hydrogen-bond donors (Lipinski definition) is 2. The smallest absolute Gasteiger partial charge is 0.279 e. The van der Waals surface area contributed by atoms with Gasteiger partial charge >= 0.3 is 0 Å². The van der Waals surface area contributed by atoms with Crippen molar-refractivity contribution in [2.24, 2.45) is 0 Å². The standard InChI is InChI=1S/C31H33F2N7O3/c32-25-7-1-21(15-26(25)33)19-40-31(42)24(9-10-36-40)30(41)35-17-20-2-8-27-28(16-20)38-29(18-34-27)37-22-3-5-23(6-4-22)39-11-13-43-14-12-39/h1-2,7-10,15-16,18,22-23H,3-6,11-14,17,19H2,(H,35,41)(H,37,38). The fourth-order valence-corrected chi connectivity index (χ4v) is 5.80. The Kier molecular flexibility index (Phi) is 8.66. The number of benzene rings is 2. The first-order valence-electron chi connectivity index (χ1n) is 14.6. The van der Waals surface area contributed by atoms with Crippen LogP contribution in [0.25, 0.3) is 11.0 Å². The van der Waals surface area contributed by atoms with Gasteiger partial charge in [0.15, 0.2) is 11.6 Å². The Labute approximate surface area is 247 Å². The molecule has 12 heteroatoms. The van der Waals surface area contributed by atoms with Gasteiger partial charge in [-0.05, 0) is 67.1 Å². The number of aromatic nitrogens is 4. The molecule has 2 fully saturated rings. The van der Waals surface area contributed by atoms with Crippen LogP contribution in [0.4, 0.5) is 14.6 Å². The molecule has 0 bridgehead atoms. The van der Waals surface area contributed by atoms with Gasteiger partial charge in [-0.15, -0.1) is 0 Å². The van der Waals surface area contributed by atoms with Gasteiger partial charge in [0.25, 0.3) is 11.5 Å². The summed E-state index contributed by atoms with van der Waals surface area (Å²) < 4.78 is 33.4. The summed E-state index contributed by atoms with van der Waals surface area (Å²) in [6.45, 7) is 3.74. The number of morpholine rings is 1. The van der Waals surface area contributed by atoms with Gasteiger partial charge in [0, 0.05) is 37.9 Å². The predicted molar refractivity (Wildman–Crippen MR) is 157 cm³/mol. The summed E-state index contributed by atoms with van der Waals surface area (Å²) >= 11 is 0. The van der Waals surface area contributed by atoms with Crippen molar-refractivity contribution in [3.05, 3.63) is 93.5 Å². The van der Waals surface area contributed by atoms with Crippen molar-refractivity contribution in [2.45, 2.75) is 50.9 Å². The highest BCUT2D eigenvalue weighted by molar-refractivity contribution is 5.93. The normalized spacial score (nSPS) is 19.3. The molecule has 4 aromatic rings. The van der Waals surface area contributed by atoms with E-state index in [-0.39, 0.29) is 18.7 Å². The van der Waals surface area contributed by atoms with Crippen molar-refractivity contribution in [1.82, 2.24) is 30.0 Å². The minimum atomic E-state index is -1.02. The molecule has 1 amide bonds. The van der Waals surface area contributed by atoms with Crippen LogP contribution in [0.2, 0.25) is 0 Å². The van der Waals surface area contributed by atoms with Crippen LogP contribution < -0.4 is 16.2 Å². The molecular weight excluding hydrogens is 556 g/mol. The summed E-state index contributed by atoms with van der Waals surface area (Å²) in [5, 5.41) is 10.3. The predicted octanol–water partition coefficient (Wildman–Crippen LogP) is 3.50. The molecule has 43 heavy (non-hydrogen) atoms. The molecule has 2 aliphatic rings. The highest BCUT2D eigenvalue weighted by Gasteiger charge is 2.27. The molecule has 1 saturated carbocycles. The summed E-state index contributed by atoms with van der Waals surface area (Å²) in [7, 11) is 0. The van der Waals surface area contributed by atoms with Gasteiger partial charge in [-0.1, -0.05) is 12.1 Å². The first-order valence-corrected chi connectivity index (χ1v) is 14.6. The number of carbonyl (C=O) groups excluding carboxylic acids is 1. The van der Waals surface area contributed by atoms with Crippen LogP contribution in [0.15, 0.2) is 59.7 Å². The molecule has 224 valence electrons. The van der Waals surface area contributed by atoms with Gasteiger partial charge in [-0.3, -0.25) is 19.5 Å². The number of nitrogens with one attached hydrogen (secondary N) is 2. The number of hydrogen-bond acceptors (Lipinski definition) is 8. The highest BCUT2D eigenvalue weighted by atomic mass is 19.2. The quantitative estimate of drug-likeness (QED) is 0.321. The number of ether oxygens (including phenoxy) is 1. The van der Waals surface area contributed by atoms with Crippen LogP contribution >= 0.6 is 0 Å². The largest absolute Gasteiger partial charge is 0.379 e. The number of halogens is 2. The van der Waals surface area contributed by atoms with E-state index in [4.69, 9.17) is 9.72 Å². The zero-order valence-electron chi connectivity index (χ0n) is 23.6. The third-order valence-electron chi connectivity index (χ3n) is 8.14. The maximum absolute atomic E-state index is 13.6. The van der Waals surface area contributed by atoms with Gasteiger partial charge in [0.2, 0.25) is 0 Å². The number of fused-ring (bicyclic) bond motifs is 1. The molecule has 0 spiro atoms. The Morgan fingerprint density at radius 3 is 2.53 bits per heavy atom. The lowest BCUT2D eigenvalue weighted by atomic mass is 9.90. The van der Waals surface area contributed by atoms with Gasteiger partial charge in [0.1, 0.15) is 11.4 Å². The molecule has 10 nitrogen and oxygen atoms in total. The molecule has 3 heterocycles. The average molecular weight is 590 g/mol. The minimum absolute atomic E-state index is 0.104. The summed E-state index contributed by atoms with van der Waals surface area (Å²) in [4.78, 5) is 37.7. The Hall–Kier alpha value is -4.29. The number of carbonyl (C=O) groups is 1. The van der Waals surface area contributed by atoms with Crippen LogP contribution in [0.3, 0.4) is 0 Å². The third kappa shape index (κ3) is 6.86. The molecule has 2 aromatic heterocycles. The fraction of sp³-hybridized carbons (Fsp3) is 0.387. The van der Waals surface area contributed by atoms with Crippen molar-refractivity contribution in [3.63, 3.8) is 0 Å². The van der Waals surface area contributed by atoms with E-state index < -0.39 is 23.1 Å². The maximum atomic E-state index is 13.6. The lowest BCUT2D eigenvalue weighted by molar-refractivity contribution is 0.00790. The van der Waals surface area contributed by atoms with Crippen molar-refractivity contribution in [3.8, 4) is 0 Å². The second kappa shape index (κ2) is 12.9. The molecule has 1 aliphatic heterocycles. The van der Waals surface area contributed by atoms with E-state index in [0.29, 0.717) is 23.2 Å². The number of nitrogens with zero attached hydrogens (tertiary/aromatic N) is 5. The van der Waals surface area contributed by atoms with E-state index in [0.717, 1.165) is 85.7 Å². The van der Waals surface area contributed by atoms with Crippen molar-refractivity contribution in [2.75, 3.05) is 31.6 Å². The molecule has 1 saturated heterocycles. The summed E-state index contributed by atoms with van der Waals surface area (Å²) in [5.74, 6) is -1.84. The SMILES string of the molecule is O=C(NCc1ccc2ncc(NC3CCC(N4CCOCC4)CC3)nc2c1)c1ccnn(Cc2ccc(F)c(F)c2)c1=O. The Bertz CT molecular complexity index is 1670. The average Bonchev–Trinajstić information content (AvgIpc) is 3.03. The minimum Gasteiger partial charge on any atom is -0.379 e. The van der Waals surface area contributed by atoms with Gasteiger partial charge in [-0.2, -0.15) is 5.10 Å². The van der Waals surface area contributed by atoms with Gasteiger partial charge in [0.05, 0.1) is 37.0 Å². The van der Waals surface area contributed by atoms with Gasteiger partial charge < -0.3 is 15.4 Å². The fourth-order valence-electron chi connectivity index (χ4n) is 5.80. The van der Waals surface area contributed by atoms with E-state index in [1.54, 1.807) is 6.20 Å². The van der Waals surface area contributed by atoms with Crippen LogP contribution in [0, 0.1) is 11.6 Å². The van der Waals surface area contributed by atoms with E-state index in [2.05, 4.69) is 25.6 Å². The summed E-state index contributed by atoms with van der Waals surface area (Å²) in [5.41, 5.74) is 1.85. The lowest BCUT2D eigenvalue weighted by Gasteiger charge is -2.39. The monoisotopic (exact) mass is 589 g/mol. The Morgan fingerprint density at radius 1 is 0.953 bits per heavy atom. The Balaban J connectivity index is 1.07. The topological polar surface area (TPSA) is 114 Å². The van der Waals surface area contributed by atoms with Crippen LogP contribution in [0.5, 0.6) is 0 Å². The van der Waals surface area contributed by atoms with Gasteiger partial charge in [-0.25, -0.2) is 18.4 Å². The maximum Gasteiger partial charge on any atom is 0.279 e. The first kappa shape index (κ1) is 28.8. The highest BCUT2D eigenvalue weighted by Crippen LogP contribution is 2.26. The summed E-state index contributed by atoms with van der Waals surface area (Å²) in [6, 6.07) is 11.2. The second-order valence-electron chi connectivity index (χ2n) is 11.0. The second-order valence-corrected chi connectivity index (χ2v) is 11.0. The molecule has 2 N–H and O–H groups in total. The first-order chi connectivity index (χ1) is 20.9. The number of rotatable bonds is 8. The third-order valence-corrected chi connectivity index (χ3v) is 8.14. The molecular formula is C31H33F2N7O3. The molecule has 2 aromatic carbocycles. The lowest BCUT2D eigenvalue weighted by Crippen LogP contribution is -2.46. The molecule has 0 unspecified atom stereocenters. The van der Waals surface area contributed by atoms with E-state index in [1.165, 1.54) is 18.3 Å². The van der Waals surface area contributed by atoms with Crippen LogP contribution in [-0.2, 0) is 17.8 Å². The zero-order valence-corrected chi connectivity index (χ0v) is 23.6. The molecule has 6 rings (SSSR count). The molecule has 0 radical (unpaired) electrons. The molecule has 0 atom stereocenters. The zero-order chi connectivity index (χ0) is 29.8.